The van der Waals surface area contributed by atoms with E-state index in [1.807, 2.05) is 20.9 Å². The molecule has 1 aromatic heterocycles. The van der Waals surface area contributed by atoms with Crippen LogP contribution in [-0.4, -0.2) is 23.6 Å². The molecule has 4 nitrogen and oxygen atoms in total. The van der Waals surface area contributed by atoms with Crippen LogP contribution in [0.4, 0.5) is 5.82 Å². The third kappa shape index (κ3) is 2.22. The van der Waals surface area contributed by atoms with E-state index in [4.69, 9.17) is 4.74 Å². The largest absolute Gasteiger partial charge is 0.473 e. The molecular formula is C10H15N3O. The van der Waals surface area contributed by atoms with Crippen LogP contribution < -0.4 is 10.1 Å². The Morgan fingerprint density at radius 1 is 1.43 bits per heavy atom. The number of anilines is 1. The molecule has 1 heterocycles. The molecule has 0 aliphatic carbocycles. The van der Waals surface area contributed by atoms with E-state index in [1.54, 1.807) is 6.08 Å². The summed E-state index contributed by atoms with van der Waals surface area (Å²) in [7, 11) is 1.83. The lowest BCUT2D eigenvalue weighted by Crippen LogP contribution is -2.05. The van der Waals surface area contributed by atoms with Crippen molar-refractivity contribution in [3.63, 3.8) is 0 Å². The van der Waals surface area contributed by atoms with Crippen molar-refractivity contribution in [3.05, 3.63) is 24.0 Å². The SMILES string of the molecule is C=CCOc1nc(C)nc(NC)c1C. The zero-order chi connectivity index (χ0) is 10.6. The molecule has 1 rings (SSSR count). The van der Waals surface area contributed by atoms with E-state index in [0.29, 0.717) is 18.3 Å². The Hall–Kier alpha value is -1.58. The smallest absolute Gasteiger partial charge is 0.222 e. The monoisotopic (exact) mass is 193 g/mol. The van der Waals surface area contributed by atoms with Crippen LogP contribution in [0.1, 0.15) is 11.4 Å². The van der Waals surface area contributed by atoms with Crippen LogP contribution in [0.25, 0.3) is 0 Å². The minimum absolute atomic E-state index is 0.459. The van der Waals surface area contributed by atoms with Crippen molar-refractivity contribution in [1.29, 1.82) is 0 Å². The lowest BCUT2D eigenvalue weighted by Gasteiger charge is -2.10. The van der Waals surface area contributed by atoms with Crippen LogP contribution in [0, 0.1) is 13.8 Å². The van der Waals surface area contributed by atoms with Gasteiger partial charge in [0.25, 0.3) is 0 Å². The van der Waals surface area contributed by atoms with Crippen molar-refractivity contribution in [2.45, 2.75) is 13.8 Å². The van der Waals surface area contributed by atoms with Crippen molar-refractivity contribution in [3.8, 4) is 5.88 Å². The van der Waals surface area contributed by atoms with E-state index in [-0.39, 0.29) is 0 Å². The number of ether oxygens (including phenoxy) is 1. The van der Waals surface area contributed by atoms with Crippen molar-refractivity contribution in [1.82, 2.24) is 9.97 Å². The molecule has 0 aliphatic rings. The first-order valence-electron chi connectivity index (χ1n) is 4.45. The first-order valence-corrected chi connectivity index (χ1v) is 4.45. The summed E-state index contributed by atoms with van der Waals surface area (Å²) >= 11 is 0. The van der Waals surface area contributed by atoms with E-state index in [0.717, 1.165) is 11.4 Å². The summed E-state index contributed by atoms with van der Waals surface area (Å²) in [6.07, 6.45) is 1.69. The standard InChI is InChI=1S/C10H15N3O/c1-5-6-14-10-7(2)9(11-4)12-8(3)13-10/h5H,1,6H2,2-4H3,(H,11,12,13). The number of aryl methyl sites for hydroxylation is 1. The van der Waals surface area contributed by atoms with E-state index < -0.39 is 0 Å². The first-order chi connectivity index (χ1) is 6.69. The second-order valence-electron chi connectivity index (χ2n) is 2.90. The highest BCUT2D eigenvalue weighted by Gasteiger charge is 2.08. The molecule has 0 aromatic carbocycles. The molecule has 0 aliphatic heterocycles. The van der Waals surface area contributed by atoms with Crippen LogP contribution >= 0.6 is 0 Å². The van der Waals surface area contributed by atoms with E-state index >= 15 is 0 Å². The Kier molecular flexibility index (Phi) is 3.45. The van der Waals surface area contributed by atoms with Gasteiger partial charge in [0.05, 0.1) is 5.56 Å². The number of nitrogens with one attached hydrogen (secondary N) is 1. The maximum atomic E-state index is 5.40. The third-order valence-electron chi connectivity index (χ3n) is 1.79. The van der Waals surface area contributed by atoms with Gasteiger partial charge < -0.3 is 10.1 Å². The van der Waals surface area contributed by atoms with Crippen LogP contribution in [0.3, 0.4) is 0 Å². The molecule has 0 radical (unpaired) electrons. The zero-order valence-corrected chi connectivity index (χ0v) is 8.79. The Labute approximate surface area is 84.0 Å². The summed E-state index contributed by atoms with van der Waals surface area (Å²) in [5.41, 5.74) is 0.917. The molecule has 14 heavy (non-hydrogen) atoms. The zero-order valence-electron chi connectivity index (χ0n) is 8.79. The fourth-order valence-corrected chi connectivity index (χ4v) is 1.12. The molecule has 0 unspecified atom stereocenters. The molecule has 4 heteroatoms. The predicted octanol–water partition coefficient (Wildman–Crippen LogP) is 1.70. The highest BCUT2D eigenvalue weighted by atomic mass is 16.5. The van der Waals surface area contributed by atoms with Gasteiger partial charge in [-0.1, -0.05) is 12.7 Å². The van der Waals surface area contributed by atoms with Gasteiger partial charge in [-0.05, 0) is 13.8 Å². The summed E-state index contributed by atoms with van der Waals surface area (Å²) in [5.74, 6) is 2.11. The van der Waals surface area contributed by atoms with Gasteiger partial charge in [0.2, 0.25) is 5.88 Å². The molecule has 0 fully saturated rings. The van der Waals surface area contributed by atoms with E-state index in [2.05, 4.69) is 21.9 Å². The summed E-state index contributed by atoms with van der Waals surface area (Å²) < 4.78 is 5.40. The molecule has 0 bridgehead atoms. The molecule has 0 spiro atoms. The maximum absolute atomic E-state index is 5.40. The molecule has 0 atom stereocenters. The summed E-state index contributed by atoms with van der Waals surface area (Å²) in [6.45, 7) is 7.80. The molecule has 0 saturated heterocycles. The second kappa shape index (κ2) is 4.60. The lowest BCUT2D eigenvalue weighted by atomic mass is 10.3. The van der Waals surface area contributed by atoms with Gasteiger partial charge in [0.1, 0.15) is 18.2 Å². The highest BCUT2D eigenvalue weighted by Crippen LogP contribution is 2.21. The molecular weight excluding hydrogens is 178 g/mol. The number of hydrogen-bond donors (Lipinski definition) is 1. The summed E-state index contributed by atoms with van der Waals surface area (Å²) in [4.78, 5) is 8.43. The quantitative estimate of drug-likeness (QED) is 0.739. The Bertz CT molecular complexity index is 336. The van der Waals surface area contributed by atoms with Gasteiger partial charge in [-0.25, -0.2) is 4.98 Å². The topological polar surface area (TPSA) is 47.0 Å². The lowest BCUT2D eigenvalue weighted by molar-refractivity contribution is 0.344. The normalized spacial score (nSPS) is 9.64. The van der Waals surface area contributed by atoms with Gasteiger partial charge in [0.15, 0.2) is 0 Å². The van der Waals surface area contributed by atoms with Crippen molar-refractivity contribution in [2.24, 2.45) is 0 Å². The van der Waals surface area contributed by atoms with E-state index in [1.165, 1.54) is 0 Å². The minimum atomic E-state index is 0.459. The number of nitrogens with zero attached hydrogens (tertiary/aromatic N) is 2. The van der Waals surface area contributed by atoms with Crippen LogP contribution in [-0.2, 0) is 0 Å². The van der Waals surface area contributed by atoms with Crippen molar-refractivity contribution >= 4 is 5.82 Å². The number of rotatable bonds is 4. The minimum Gasteiger partial charge on any atom is -0.473 e. The molecule has 1 aromatic rings. The number of hydrogen-bond acceptors (Lipinski definition) is 4. The molecule has 76 valence electrons. The van der Waals surface area contributed by atoms with Crippen LogP contribution in [0.15, 0.2) is 12.7 Å². The summed E-state index contributed by atoms with van der Waals surface area (Å²) in [6, 6.07) is 0. The van der Waals surface area contributed by atoms with Crippen LogP contribution in [0.2, 0.25) is 0 Å². The van der Waals surface area contributed by atoms with Gasteiger partial charge >= 0.3 is 0 Å². The fourth-order valence-electron chi connectivity index (χ4n) is 1.12. The third-order valence-corrected chi connectivity index (χ3v) is 1.79. The maximum Gasteiger partial charge on any atom is 0.222 e. The molecule has 1 N–H and O–H groups in total. The van der Waals surface area contributed by atoms with Crippen molar-refractivity contribution in [2.75, 3.05) is 19.0 Å². The average Bonchev–Trinajstić information content (AvgIpc) is 2.18. The first kappa shape index (κ1) is 10.5. The van der Waals surface area contributed by atoms with Gasteiger partial charge in [-0.15, -0.1) is 0 Å². The Morgan fingerprint density at radius 2 is 2.14 bits per heavy atom. The van der Waals surface area contributed by atoms with E-state index in [9.17, 15) is 0 Å². The Morgan fingerprint density at radius 3 is 2.71 bits per heavy atom. The second-order valence-corrected chi connectivity index (χ2v) is 2.90. The fraction of sp³-hybridized carbons (Fsp3) is 0.400. The molecule has 0 amide bonds. The molecule has 0 saturated carbocycles. The van der Waals surface area contributed by atoms with Crippen LogP contribution in [0.5, 0.6) is 5.88 Å². The van der Waals surface area contributed by atoms with Gasteiger partial charge in [-0.3, -0.25) is 0 Å². The predicted molar refractivity (Wildman–Crippen MR) is 56.7 cm³/mol. The Balaban J connectivity index is 3.02. The number of aromatic nitrogens is 2. The summed E-state index contributed by atoms with van der Waals surface area (Å²) in [5, 5.41) is 3.00. The van der Waals surface area contributed by atoms with Crippen molar-refractivity contribution < 1.29 is 4.74 Å². The average molecular weight is 193 g/mol. The van der Waals surface area contributed by atoms with Gasteiger partial charge in [-0.2, -0.15) is 4.98 Å². The highest BCUT2D eigenvalue weighted by molar-refractivity contribution is 5.47. The van der Waals surface area contributed by atoms with Gasteiger partial charge in [0, 0.05) is 7.05 Å².